The van der Waals surface area contributed by atoms with Gasteiger partial charge < -0.3 is 21.1 Å². The van der Waals surface area contributed by atoms with E-state index in [0.717, 1.165) is 62.3 Å². The van der Waals surface area contributed by atoms with Gasteiger partial charge in [0, 0.05) is 54.0 Å². The summed E-state index contributed by atoms with van der Waals surface area (Å²) < 4.78 is 20.9. The molecule has 1 amide bonds. The number of hydrogen-bond acceptors (Lipinski definition) is 7. The molecule has 9 heteroatoms. The highest BCUT2D eigenvalue weighted by atomic mass is 19.1. The van der Waals surface area contributed by atoms with Gasteiger partial charge in [-0.1, -0.05) is 0 Å². The summed E-state index contributed by atoms with van der Waals surface area (Å²) in [5, 5.41) is 10.5. The number of halogens is 1. The minimum Gasteiger partial charge on any atom is -0.446 e. The molecule has 1 spiro atoms. The van der Waals surface area contributed by atoms with E-state index in [1.165, 1.54) is 6.20 Å². The van der Waals surface area contributed by atoms with E-state index in [0.29, 0.717) is 33.1 Å². The molecule has 0 bridgehead atoms. The molecular formula is C25H27FN6O2. The number of rotatable bonds is 3. The van der Waals surface area contributed by atoms with Crippen molar-refractivity contribution in [3.8, 4) is 11.1 Å². The van der Waals surface area contributed by atoms with Crippen molar-refractivity contribution >= 4 is 34.1 Å². The third-order valence-electron chi connectivity index (χ3n) is 7.42. The molecule has 4 heterocycles. The standard InChI is InChI=1S/C25H27FN6O2/c1-13-17(9-30-19-3-2-4-29-23(13)19)16-5-14-6-20(31-10-18(14)22(27)21(16)26)32-24(33)34-15-7-25(8-15)11-28-12-25/h5-6,9-10,15,28-29H,2-4,7-8,11-12,27H2,1H3,(H,31,32,33). The van der Waals surface area contributed by atoms with Crippen LogP contribution in [0.25, 0.3) is 21.9 Å². The summed E-state index contributed by atoms with van der Waals surface area (Å²) in [4.78, 5) is 21.2. The van der Waals surface area contributed by atoms with Crippen molar-refractivity contribution in [3.05, 3.63) is 41.6 Å². The number of aromatic nitrogens is 2. The molecule has 8 nitrogen and oxygen atoms in total. The summed E-state index contributed by atoms with van der Waals surface area (Å²) in [6.45, 7) is 4.83. The van der Waals surface area contributed by atoms with Crippen molar-refractivity contribution in [1.29, 1.82) is 0 Å². The number of fused-ring (bicyclic) bond motifs is 2. The van der Waals surface area contributed by atoms with Crippen LogP contribution in [0.5, 0.6) is 0 Å². The topological polar surface area (TPSA) is 114 Å². The van der Waals surface area contributed by atoms with Crippen molar-refractivity contribution in [2.24, 2.45) is 5.41 Å². The van der Waals surface area contributed by atoms with Gasteiger partial charge in [-0.3, -0.25) is 10.3 Å². The summed E-state index contributed by atoms with van der Waals surface area (Å²) in [5.41, 5.74) is 10.5. The molecule has 1 saturated heterocycles. The predicted molar refractivity (Wildman–Crippen MR) is 129 cm³/mol. The third kappa shape index (κ3) is 3.42. The predicted octanol–water partition coefficient (Wildman–Crippen LogP) is 3.99. The maximum absolute atomic E-state index is 15.3. The number of carbonyl (C=O) groups excluding carboxylic acids is 1. The fourth-order valence-corrected chi connectivity index (χ4v) is 5.42. The van der Waals surface area contributed by atoms with E-state index < -0.39 is 11.9 Å². The van der Waals surface area contributed by atoms with Crippen LogP contribution >= 0.6 is 0 Å². The van der Waals surface area contributed by atoms with E-state index in [4.69, 9.17) is 10.5 Å². The summed E-state index contributed by atoms with van der Waals surface area (Å²) in [6, 6.07) is 3.42. The van der Waals surface area contributed by atoms with Gasteiger partial charge in [-0.05, 0) is 55.7 Å². The molecule has 0 atom stereocenters. The van der Waals surface area contributed by atoms with Crippen LogP contribution in [0.3, 0.4) is 0 Å². The number of pyridine rings is 2. The maximum atomic E-state index is 15.3. The lowest BCUT2D eigenvalue weighted by atomic mass is 9.63. The molecule has 2 aliphatic heterocycles. The van der Waals surface area contributed by atoms with Gasteiger partial charge in [0.2, 0.25) is 0 Å². The maximum Gasteiger partial charge on any atom is 0.413 e. The fourth-order valence-electron chi connectivity index (χ4n) is 5.42. The zero-order chi connectivity index (χ0) is 23.4. The summed E-state index contributed by atoms with van der Waals surface area (Å²) in [7, 11) is 0. The van der Waals surface area contributed by atoms with Gasteiger partial charge >= 0.3 is 6.09 Å². The molecule has 0 unspecified atom stereocenters. The molecule has 1 aliphatic carbocycles. The van der Waals surface area contributed by atoms with E-state index in [1.807, 2.05) is 6.92 Å². The summed E-state index contributed by atoms with van der Waals surface area (Å²) in [5.74, 6) is -0.171. The molecule has 34 heavy (non-hydrogen) atoms. The van der Waals surface area contributed by atoms with Crippen molar-refractivity contribution < 1.29 is 13.9 Å². The first-order valence-electron chi connectivity index (χ1n) is 11.7. The lowest BCUT2D eigenvalue weighted by Crippen LogP contribution is -2.62. The molecule has 5 N–H and O–H groups in total. The van der Waals surface area contributed by atoms with E-state index in [1.54, 1.807) is 18.3 Å². The van der Waals surface area contributed by atoms with Crippen LogP contribution < -0.4 is 21.7 Å². The van der Waals surface area contributed by atoms with Crippen LogP contribution in [0.15, 0.2) is 24.5 Å². The van der Waals surface area contributed by atoms with Crippen molar-refractivity contribution in [1.82, 2.24) is 15.3 Å². The Kier molecular flexibility index (Phi) is 4.84. The zero-order valence-corrected chi connectivity index (χ0v) is 19.0. The summed E-state index contributed by atoms with van der Waals surface area (Å²) in [6.07, 6.45) is 6.31. The number of aryl methyl sites for hydroxylation is 1. The summed E-state index contributed by atoms with van der Waals surface area (Å²) >= 11 is 0. The molecule has 0 radical (unpaired) electrons. The number of carbonyl (C=O) groups is 1. The Morgan fingerprint density at radius 2 is 2.06 bits per heavy atom. The smallest absolute Gasteiger partial charge is 0.413 e. The zero-order valence-electron chi connectivity index (χ0n) is 19.0. The van der Waals surface area contributed by atoms with Crippen molar-refractivity contribution in [2.45, 2.75) is 38.7 Å². The normalized spacial score (nSPS) is 18.5. The Labute approximate surface area is 196 Å². The first kappa shape index (κ1) is 21.1. The molecular weight excluding hydrogens is 435 g/mol. The average Bonchev–Trinajstić information content (AvgIpc) is 2.78. The Hall–Kier alpha value is -3.46. The van der Waals surface area contributed by atoms with E-state index in [2.05, 4.69) is 25.9 Å². The monoisotopic (exact) mass is 462 g/mol. The number of nitrogens with zero attached hydrogens (tertiary/aromatic N) is 2. The Balaban J connectivity index is 1.28. The highest BCUT2D eigenvalue weighted by Crippen LogP contribution is 2.45. The number of amides is 1. The van der Waals surface area contributed by atoms with Crippen LogP contribution in [-0.2, 0) is 11.2 Å². The molecule has 2 fully saturated rings. The number of nitrogens with two attached hydrogens (primary N) is 1. The molecule has 3 aliphatic rings. The first-order chi connectivity index (χ1) is 16.4. The second-order valence-corrected chi connectivity index (χ2v) is 9.76. The van der Waals surface area contributed by atoms with Crippen molar-refractivity contribution in [2.75, 3.05) is 36.0 Å². The molecule has 6 rings (SSSR count). The van der Waals surface area contributed by atoms with E-state index in [-0.39, 0.29) is 11.8 Å². The minimum absolute atomic E-state index is 0.0214. The number of nitrogen functional groups attached to an aromatic ring is 1. The van der Waals surface area contributed by atoms with Gasteiger partial charge in [0.15, 0.2) is 5.82 Å². The van der Waals surface area contributed by atoms with Gasteiger partial charge in [0.1, 0.15) is 11.9 Å². The number of anilines is 3. The van der Waals surface area contributed by atoms with Gasteiger partial charge in [0.05, 0.1) is 17.1 Å². The van der Waals surface area contributed by atoms with Gasteiger partial charge in [-0.15, -0.1) is 0 Å². The second-order valence-electron chi connectivity index (χ2n) is 9.76. The number of ether oxygens (including phenoxy) is 1. The van der Waals surface area contributed by atoms with Gasteiger partial charge in [-0.2, -0.15) is 0 Å². The van der Waals surface area contributed by atoms with Crippen LogP contribution in [0.4, 0.5) is 26.4 Å². The van der Waals surface area contributed by atoms with Crippen LogP contribution in [-0.4, -0.2) is 41.8 Å². The first-order valence-corrected chi connectivity index (χ1v) is 11.7. The molecule has 3 aromatic rings. The highest BCUT2D eigenvalue weighted by Gasteiger charge is 2.50. The van der Waals surface area contributed by atoms with Crippen LogP contribution in [0.1, 0.15) is 30.5 Å². The van der Waals surface area contributed by atoms with Gasteiger partial charge in [-0.25, -0.2) is 14.2 Å². The number of hydrogen-bond donors (Lipinski definition) is 4. The van der Waals surface area contributed by atoms with E-state index >= 15 is 4.39 Å². The third-order valence-corrected chi connectivity index (χ3v) is 7.42. The Morgan fingerprint density at radius 3 is 2.82 bits per heavy atom. The van der Waals surface area contributed by atoms with Gasteiger partial charge in [0.25, 0.3) is 0 Å². The highest BCUT2D eigenvalue weighted by molar-refractivity contribution is 5.99. The van der Waals surface area contributed by atoms with E-state index in [9.17, 15) is 4.79 Å². The molecule has 1 saturated carbocycles. The molecule has 1 aromatic carbocycles. The SMILES string of the molecule is Cc1c(-c2cc3cc(NC(=O)OC4CC5(CNC5)C4)ncc3c(N)c2F)cnc2c1NCCC2. The molecule has 2 aromatic heterocycles. The second kappa shape index (κ2) is 7.80. The van der Waals surface area contributed by atoms with Crippen LogP contribution in [0.2, 0.25) is 0 Å². The Bertz CT molecular complexity index is 1310. The lowest BCUT2D eigenvalue weighted by Gasteiger charge is -2.53. The Morgan fingerprint density at radius 1 is 1.24 bits per heavy atom. The van der Waals surface area contributed by atoms with Crippen molar-refractivity contribution in [3.63, 3.8) is 0 Å². The lowest BCUT2D eigenvalue weighted by molar-refractivity contribution is -0.0665. The van der Waals surface area contributed by atoms with Crippen LogP contribution in [0, 0.1) is 18.2 Å². The quantitative estimate of drug-likeness (QED) is 0.435. The minimum atomic E-state index is -0.532. The fraction of sp³-hybridized carbons (Fsp3) is 0.400. The largest absolute Gasteiger partial charge is 0.446 e. The number of benzene rings is 1. The molecule has 176 valence electrons. The average molecular weight is 463 g/mol. The number of nitrogens with one attached hydrogen (secondary N) is 3.